The molecule has 152 valence electrons. The second kappa shape index (κ2) is 7.85. The fourth-order valence-corrected chi connectivity index (χ4v) is 3.64. The van der Waals surface area contributed by atoms with Gasteiger partial charge in [-0.15, -0.1) is 13.2 Å². The minimum Gasteiger partial charge on any atom is -0.406 e. The van der Waals surface area contributed by atoms with E-state index in [9.17, 15) is 22.8 Å². The molecule has 1 atom stereocenters. The number of likely N-dealkylation sites (tertiary alicyclic amines) is 1. The molecule has 2 amide bonds. The molecule has 2 fully saturated rings. The van der Waals surface area contributed by atoms with E-state index < -0.39 is 6.36 Å². The number of rotatable bonds is 6. The normalized spacial score (nSPS) is 23.2. The van der Waals surface area contributed by atoms with Crippen molar-refractivity contribution in [2.75, 3.05) is 13.1 Å². The van der Waals surface area contributed by atoms with Gasteiger partial charge < -0.3 is 15.0 Å². The smallest absolute Gasteiger partial charge is 0.406 e. The summed E-state index contributed by atoms with van der Waals surface area (Å²) in [5, 5.41) is 3.02. The highest BCUT2D eigenvalue weighted by molar-refractivity contribution is 5.87. The van der Waals surface area contributed by atoms with Gasteiger partial charge in [0.05, 0.1) is 0 Å². The van der Waals surface area contributed by atoms with Gasteiger partial charge in [0.15, 0.2) is 0 Å². The fourth-order valence-electron chi connectivity index (χ4n) is 3.64. The number of alkyl halides is 3. The van der Waals surface area contributed by atoms with Crippen LogP contribution in [0.4, 0.5) is 13.2 Å². The molecule has 3 rings (SSSR count). The summed E-state index contributed by atoms with van der Waals surface area (Å²) in [5.74, 6) is -0.0365. The summed E-state index contributed by atoms with van der Waals surface area (Å²) in [5.41, 5.74) is 0.907. The minimum absolute atomic E-state index is 0.00530. The first-order valence-electron chi connectivity index (χ1n) is 9.23. The molecule has 1 N–H and O–H groups in total. The molecule has 1 aromatic carbocycles. The Bertz CT molecular complexity index is 736. The SMILES string of the molecule is C=CC(=O)N1CC(C(C)NC(=O)C2CC(c3ccc(OC(F)(F)F)cc3)C2)C1. The minimum atomic E-state index is -4.70. The van der Waals surface area contributed by atoms with E-state index in [0.29, 0.717) is 25.9 Å². The van der Waals surface area contributed by atoms with Crippen LogP contribution in [-0.2, 0) is 9.59 Å². The summed E-state index contributed by atoms with van der Waals surface area (Å²) >= 11 is 0. The number of hydrogen-bond donors (Lipinski definition) is 1. The number of amides is 2. The fraction of sp³-hybridized carbons (Fsp3) is 0.500. The average Bonchev–Trinajstić information content (AvgIpc) is 2.52. The highest BCUT2D eigenvalue weighted by Crippen LogP contribution is 2.42. The maximum Gasteiger partial charge on any atom is 0.573 e. The molecule has 2 aliphatic rings. The molecule has 8 heteroatoms. The summed E-state index contributed by atoms with van der Waals surface area (Å²) in [4.78, 5) is 25.5. The summed E-state index contributed by atoms with van der Waals surface area (Å²) in [7, 11) is 0. The van der Waals surface area contributed by atoms with Gasteiger partial charge in [-0.2, -0.15) is 0 Å². The van der Waals surface area contributed by atoms with Crippen LogP contribution in [0.3, 0.4) is 0 Å². The largest absolute Gasteiger partial charge is 0.573 e. The first-order chi connectivity index (χ1) is 13.2. The van der Waals surface area contributed by atoms with Crippen molar-refractivity contribution in [2.24, 2.45) is 11.8 Å². The third kappa shape index (κ3) is 4.66. The number of hydrogen-bond acceptors (Lipinski definition) is 3. The monoisotopic (exact) mass is 396 g/mol. The molecular formula is C20H23F3N2O3. The van der Waals surface area contributed by atoms with E-state index in [2.05, 4.69) is 16.6 Å². The third-order valence-electron chi connectivity index (χ3n) is 5.57. The van der Waals surface area contributed by atoms with Gasteiger partial charge in [-0.3, -0.25) is 9.59 Å². The molecule has 1 aromatic rings. The lowest BCUT2D eigenvalue weighted by Gasteiger charge is -2.43. The molecule has 0 aromatic heterocycles. The number of carbonyl (C=O) groups is 2. The Morgan fingerprint density at radius 2 is 1.86 bits per heavy atom. The van der Waals surface area contributed by atoms with Crippen LogP contribution in [0.1, 0.15) is 31.2 Å². The van der Waals surface area contributed by atoms with Gasteiger partial charge in [-0.05, 0) is 49.5 Å². The summed E-state index contributed by atoms with van der Waals surface area (Å²) < 4.78 is 40.5. The van der Waals surface area contributed by atoms with Crippen LogP contribution in [0.25, 0.3) is 0 Å². The van der Waals surface area contributed by atoms with Gasteiger partial charge in [0.25, 0.3) is 0 Å². The van der Waals surface area contributed by atoms with Crippen molar-refractivity contribution in [1.82, 2.24) is 10.2 Å². The van der Waals surface area contributed by atoms with Gasteiger partial charge in [-0.1, -0.05) is 18.7 Å². The topological polar surface area (TPSA) is 58.6 Å². The molecule has 0 bridgehead atoms. The molecular weight excluding hydrogens is 373 g/mol. The Balaban J connectivity index is 1.42. The Morgan fingerprint density at radius 1 is 1.25 bits per heavy atom. The molecule has 1 heterocycles. The number of halogens is 3. The highest BCUT2D eigenvalue weighted by atomic mass is 19.4. The predicted molar refractivity (Wildman–Crippen MR) is 96.5 cm³/mol. The summed E-state index contributed by atoms with van der Waals surface area (Å²) in [6.45, 7) is 6.63. The van der Waals surface area contributed by atoms with Crippen LogP contribution in [0.2, 0.25) is 0 Å². The lowest BCUT2D eigenvalue weighted by atomic mass is 9.71. The zero-order valence-corrected chi connectivity index (χ0v) is 15.5. The van der Waals surface area contributed by atoms with Crippen molar-refractivity contribution >= 4 is 11.8 Å². The number of ether oxygens (including phenoxy) is 1. The van der Waals surface area contributed by atoms with Crippen molar-refractivity contribution in [3.05, 3.63) is 42.5 Å². The van der Waals surface area contributed by atoms with E-state index in [1.807, 2.05) is 6.92 Å². The quantitative estimate of drug-likeness (QED) is 0.751. The Kier molecular flexibility index (Phi) is 5.67. The second-order valence-corrected chi connectivity index (χ2v) is 7.49. The summed E-state index contributed by atoms with van der Waals surface area (Å²) in [6.07, 6.45) is -2.07. The van der Waals surface area contributed by atoms with Crippen molar-refractivity contribution < 1.29 is 27.5 Å². The van der Waals surface area contributed by atoms with Gasteiger partial charge >= 0.3 is 6.36 Å². The molecule has 1 saturated carbocycles. The second-order valence-electron chi connectivity index (χ2n) is 7.49. The van der Waals surface area contributed by atoms with Crippen LogP contribution in [-0.4, -0.2) is 42.2 Å². The van der Waals surface area contributed by atoms with Crippen LogP contribution >= 0.6 is 0 Å². The standard InChI is InChI=1S/C20H23F3N2O3/c1-3-18(26)25-10-16(11-25)12(2)24-19(27)15-8-14(9-15)13-4-6-17(7-5-13)28-20(21,22)23/h3-7,12,14-16H,1,8-11H2,2H3,(H,24,27). The predicted octanol–water partition coefficient (Wildman–Crippen LogP) is 3.23. The van der Waals surface area contributed by atoms with E-state index in [1.165, 1.54) is 18.2 Å². The highest BCUT2D eigenvalue weighted by Gasteiger charge is 2.39. The van der Waals surface area contributed by atoms with E-state index >= 15 is 0 Å². The molecule has 5 nitrogen and oxygen atoms in total. The van der Waals surface area contributed by atoms with E-state index in [-0.39, 0.29) is 41.4 Å². The number of benzene rings is 1. The Morgan fingerprint density at radius 3 is 2.39 bits per heavy atom. The molecule has 0 spiro atoms. The number of carbonyl (C=O) groups excluding carboxylic acids is 2. The van der Waals surface area contributed by atoms with E-state index in [1.54, 1.807) is 17.0 Å². The zero-order valence-electron chi connectivity index (χ0n) is 15.5. The Labute approximate surface area is 161 Å². The Hall–Kier alpha value is -2.51. The first kappa shape index (κ1) is 20.2. The maximum absolute atomic E-state index is 12.4. The molecule has 1 aliphatic carbocycles. The molecule has 28 heavy (non-hydrogen) atoms. The van der Waals surface area contributed by atoms with Crippen LogP contribution in [0.15, 0.2) is 36.9 Å². The number of nitrogens with zero attached hydrogens (tertiary/aromatic N) is 1. The lowest BCUT2D eigenvalue weighted by Crippen LogP contribution is -2.58. The van der Waals surface area contributed by atoms with Gasteiger partial charge in [-0.25, -0.2) is 0 Å². The number of nitrogens with one attached hydrogen (secondary N) is 1. The van der Waals surface area contributed by atoms with Crippen molar-refractivity contribution in [2.45, 2.75) is 38.1 Å². The van der Waals surface area contributed by atoms with Crippen molar-refractivity contribution in [1.29, 1.82) is 0 Å². The van der Waals surface area contributed by atoms with Crippen LogP contribution in [0, 0.1) is 11.8 Å². The van der Waals surface area contributed by atoms with E-state index in [0.717, 1.165) is 5.56 Å². The van der Waals surface area contributed by atoms with Gasteiger partial charge in [0.2, 0.25) is 11.8 Å². The molecule has 0 radical (unpaired) electrons. The van der Waals surface area contributed by atoms with Crippen molar-refractivity contribution in [3.8, 4) is 5.75 Å². The first-order valence-corrected chi connectivity index (χ1v) is 9.23. The molecule has 1 unspecified atom stereocenters. The summed E-state index contributed by atoms with van der Waals surface area (Å²) in [6, 6.07) is 5.81. The molecule has 1 aliphatic heterocycles. The van der Waals surface area contributed by atoms with Gasteiger partial charge in [0, 0.05) is 31.0 Å². The van der Waals surface area contributed by atoms with E-state index in [4.69, 9.17) is 0 Å². The van der Waals surface area contributed by atoms with Crippen molar-refractivity contribution in [3.63, 3.8) is 0 Å². The zero-order chi connectivity index (χ0) is 20.5. The van der Waals surface area contributed by atoms with Gasteiger partial charge in [0.1, 0.15) is 5.75 Å². The lowest BCUT2D eigenvalue weighted by molar-refractivity contribution is -0.274. The maximum atomic E-state index is 12.4. The van der Waals surface area contributed by atoms with Crippen LogP contribution in [0.5, 0.6) is 5.75 Å². The average molecular weight is 396 g/mol. The van der Waals surface area contributed by atoms with Crippen LogP contribution < -0.4 is 10.1 Å². The third-order valence-corrected chi connectivity index (χ3v) is 5.57. The molecule has 1 saturated heterocycles.